The molecule has 16 heavy (non-hydrogen) atoms. The summed E-state index contributed by atoms with van der Waals surface area (Å²) in [5, 5.41) is 0. The highest BCUT2D eigenvalue weighted by Crippen LogP contribution is 2.14. The van der Waals surface area contributed by atoms with Gasteiger partial charge in [-0.15, -0.1) is 0 Å². The maximum atomic E-state index is 11.3. The molecule has 4 heteroatoms. The first-order chi connectivity index (χ1) is 7.67. The lowest BCUT2D eigenvalue weighted by Gasteiger charge is -2.02. The minimum atomic E-state index is -0.433. The minimum absolute atomic E-state index is 0.336. The molecule has 0 aromatic heterocycles. The van der Waals surface area contributed by atoms with Crippen molar-refractivity contribution < 1.29 is 14.3 Å². The third-order valence-electron chi connectivity index (χ3n) is 1.94. The van der Waals surface area contributed by atoms with Crippen molar-refractivity contribution in [1.82, 2.24) is 0 Å². The molecule has 0 bridgehead atoms. The molecule has 0 fully saturated rings. The summed E-state index contributed by atoms with van der Waals surface area (Å²) in [4.78, 5) is 21.4. The van der Waals surface area contributed by atoms with Crippen LogP contribution in [0, 0.1) is 0 Å². The SMILES string of the molecule is COC(=O)c1cc(N)cc(C=CCC=O)c1. The predicted octanol–water partition coefficient (Wildman–Crippen LogP) is 1.66. The summed E-state index contributed by atoms with van der Waals surface area (Å²) in [7, 11) is 1.31. The lowest BCUT2D eigenvalue weighted by molar-refractivity contribution is -0.107. The molecule has 1 aromatic carbocycles. The van der Waals surface area contributed by atoms with Crippen LogP contribution in [0.3, 0.4) is 0 Å². The van der Waals surface area contributed by atoms with E-state index >= 15 is 0 Å². The highest BCUT2D eigenvalue weighted by molar-refractivity contribution is 5.91. The van der Waals surface area contributed by atoms with Gasteiger partial charge in [0.25, 0.3) is 0 Å². The number of carbonyl (C=O) groups excluding carboxylic acids is 2. The van der Waals surface area contributed by atoms with Gasteiger partial charge >= 0.3 is 5.97 Å². The molecular weight excluding hydrogens is 206 g/mol. The van der Waals surface area contributed by atoms with Gasteiger partial charge in [-0.1, -0.05) is 12.2 Å². The lowest BCUT2D eigenvalue weighted by atomic mass is 10.1. The van der Waals surface area contributed by atoms with E-state index in [0.29, 0.717) is 17.7 Å². The number of benzene rings is 1. The molecule has 0 radical (unpaired) electrons. The summed E-state index contributed by atoms with van der Waals surface area (Å²) in [5.74, 6) is -0.433. The second kappa shape index (κ2) is 5.70. The number of methoxy groups -OCH3 is 1. The molecule has 0 amide bonds. The number of hydrogen-bond donors (Lipinski definition) is 1. The maximum Gasteiger partial charge on any atom is 0.337 e. The van der Waals surface area contributed by atoms with E-state index in [2.05, 4.69) is 4.74 Å². The average Bonchev–Trinajstić information content (AvgIpc) is 2.27. The van der Waals surface area contributed by atoms with E-state index < -0.39 is 5.97 Å². The third kappa shape index (κ3) is 3.24. The Morgan fingerprint density at radius 3 is 2.81 bits per heavy atom. The minimum Gasteiger partial charge on any atom is -0.465 e. The molecule has 1 aromatic rings. The van der Waals surface area contributed by atoms with Gasteiger partial charge in [-0.2, -0.15) is 0 Å². The van der Waals surface area contributed by atoms with E-state index in [-0.39, 0.29) is 0 Å². The Balaban J connectivity index is 2.98. The summed E-state index contributed by atoms with van der Waals surface area (Å²) in [6.07, 6.45) is 4.56. The Kier molecular flexibility index (Phi) is 4.27. The molecular formula is C12H13NO3. The third-order valence-corrected chi connectivity index (χ3v) is 1.94. The Labute approximate surface area is 93.7 Å². The number of rotatable bonds is 4. The largest absolute Gasteiger partial charge is 0.465 e. The number of aldehydes is 1. The lowest BCUT2D eigenvalue weighted by Crippen LogP contribution is -2.02. The van der Waals surface area contributed by atoms with Crippen LogP contribution >= 0.6 is 0 Å². The first kappa shape index (κ1) is 12.0. The molecule has 0 saturated carbocycles. The van der Waals surface area contributed by atoms with Crippen LogP contribution in [0.1, 0.15) is 22.3 Å². The van der Waals surface area contributed by atoms with Gasteiger partial charge in [0.05, 0.1) is 12.7 Å². The quantitative estimate of drug-likeness (QED) is 0.475. The Morgan fingerprint density at radius 2 is 2.19 bits per heavy atom. The molecule has 0 heterocycles. The first-order valence-electron chi connectivity index (χ1n) is 4.76. The van der Waals surface area contributed by atoms with Crippen LogP contribution < -0.4 is 5.73 Å². The Bertz CT molecular complexity index is 424. The van der Waals surface area contributed by atoms with Crippen molar-refractivity contribution in [3.8, 4) is 0 Å². The maximum absolute atomic E-state index is 11.3. The second-order valence-electron chi connectivity index (χ2n) is 3.18. The van der Waals surface area contributed by atoms with Gasteiger partial charge in [0.2, 0.25) is 0 Å². The van der Waals surface area contributed by atoms with Gasteiger partial charge in [-0.3, -0.25) is 0 Å². The second-order valence-corrected chi connectivity index (χ2v) is 3.18. The smallest absolute Gasteiger partial charge is 0.337 e. The van der Waals surface area contributed by atoms with Gasteiger partial charge in [-0.25, -0.2) is 4.79 Å². The normalized spacial score (nSPS) is 10.3. The van der Waals surface area contributed by atoms with E-state index in [1.165, 1.54) is 7.11 Å². The van der Waals surface area contributed by atoms with Crippen molar-refractivity contribution in [3.63, 3.8) is 0 Å². The number of nitrogens with two attached hydrogens (primary N) is 1. The Hall–Kier alpha value is -2.10. The molecule has 2 N–H and O–H groups in total. The van der Waals surface area contributed by atoms with Gasteiger partial charge in [0.15, 0.2) is 0 Å². The van der Waals surface area contributed by atoms with E-state index in [4.69, 9.17) is 5.73 Å². The molecule has 0 atom stereocenters. The predicted molar refractivity (Wildman–Crippen MR) is 61.9 cm³/mol. The number of ether oxygens (including phenoxy) is 1. The van der Waals surface area contributed by atoms with E-state index in [9.17, 15) is 9.59 Å². The number of esters is 1. The van der Waals surface area contributed by atoms with Crippen molar-refractivity contribution in [2.24, 2.45) is 0 Å². The molecule has 0 unspecified atom stereocenters. The van der Waals surface area contributed by atoms with Gasteiger partial charge in [-0.05, 0) is 23.8 Å². The van der Waals surface area contributed by atoms with Gasteiger partial charge < -0.3 is 15.3 Å². The van der Waals surface area contributed by atoms with Crippen molar-refractivity contribution in [2.45, 2.75) is 6.42 Å². The Morgan fingerprint density at radius 1 is 1.44 bits per heavy atom. The number of allylic oxidation sites excluding steroid dienone is 1. The van der Waals surface area contributed by atoms with E-state index in [0.717, 1.165) is 11.8 Å². The fraction of sp³-hybridized carbons (Fsp3) is 0.167. The average molecular weight is 219 g/mol. The number of nitrogen functional groups attached to an aromatic ring is 1. The summed E-state index contributed by atoms with van der Waals surface area (Å²) in [5.41, 5.74) is 7.29. The summed E-state index contributed by atoms with van der Waals surface area (Å²) >= 11 is 0. The molecule has 0 spiro atoms. The van der Waals surface area contributed by atoms with Crippen LogP contribution in [0.4, 0.5) is 5.69 Å². The standard InChI is InChI=1S/C12H13NO3/c1-16-12(15)10-6-9(4-2-3-5-14)7-11(13)8-10/h2,4-8H,3,13H2,1H3. The van der Waals surface area contributed by atoms with Crippen LogP contribution in [0.5, 0.6) is 0 Å². The zero-order chi connectivity index (χ0) is 12.0. The van der Waals surface area contributed by atoms with Crippen LogP contribution in [-0.2, 0) is 9.53 Å². The molecule has 0 saturated heterocycles. The number of anilines is 1. The fourth-order valence-electron chi connectivity index (χ4n) is 1.27. The van der Waals surface area contributed by atoms with Crippen LogP contribution in [0.25, 0.3) is 6.08 Å². The van der Waals surface area contributed by atoms with Crippen molar-refractivity contribution in [2.75, 3.05) is 12.8 Å². The van der Waals surface area contributed by atoms with Crippen molar-refractivity contribution in [3.05, 3.63) is 35.4 Å². The van der Waals surface area contributed by atoms with Gasteiger partial charge in [0, 0.05) is 12.1 Å². The molecule has 0 aliphatic rings. The van der Waals surface area contributed by atoms with Crippen LogP contribution in [0.15, 0.2) is 24.3 Å². The monoisotopic (exact) mass is 219 g/mol. The van der Waals surface area contributed by atoms with E-state index in [1.54, 1.807) is 30.4 Å². The van der Waals surface area contributed by atoms with Crippen LogP contribution in [0.2, 0.25) is 0 Å². The highest BCUT2D eigenvalue weighted by atomic mass is 16.5. The van der Waals surface area contributed by atoms with Gasteiger partial charge in [0.1, 0.15) is 6.29 Å². The van der Waals surface area contributed by atoms with Crippen LogP contribution in [-0.4, -0.2) is 19.4 Å². The zero-order valence-electron chi connectivity index (χ0n) is 8.97. The van der Waals surface area contributed by atoms with Crippen molar-refractivity contribution in [1.29, 1.82) is 0 Å². The zero-order valence-corrected chi connectivity index (χ0v) is 8.97. The summed E-state index contributed by atoms with van der Waals surface area (Å²) in [6.45, 7) is 0. The number of hydrogen-bond acceptors (Lipinski definition) is 4. The van der Waals surface area contributed by atoms with E-state index in [1.807, 2.05) is 0 Å². The summed E-state index contributed by atoms with van der Waals surface area (Å²) in [6, 6.07) is 4.92. The molecule has 1 rings (SSSR count). The highest BCUT2D eigenvalue weighted by Gasteiger charge is 2.06. The fourth-order valence-corrected chi connectivity index (χ4v) is 1.27. The van der Waals surface area contributed by atoms with Crippen molar-refractivity contribution >= 4 is 24.0 Å². The molecule has 0 aliphatic heterocycles. The topological polar surface area (TPSA) is 69.4 Å². The molecule has 4 nitrogen and oxygen atoms in total. The molecule has 84 valence electrons. The molecule has 0 aliphatic carbocycles. The summed E-state index contributed by atoms with van der Waals surface area (Å²) < 4.78 is 4.60. The number of carbonyl (C=O) groups is 2. The first-order valence-corrected chi connectivity index (χ1v) is 4.76.